The van der Waals surface area contributed by atoms with Crippen LogP contribution in [0.2, 0.25) is 0 Å². The van der Waals surface area contributed by atoms with Gasteiger partial charge in [0.1, 0.15) is 5.75 Å². The molecule has 142 valence electrons. The SMILES string of the molecule is O=C(CN1Cc2ccccc2C1)N1CCCC[C@H]1CCc1cccc(O)c1. The fourth-order valence-corrected chi connectivity index (χ4v) is 4.47. The van der Waals surface area contributed by atoms with E-state index in [2.05, 4.69) is 40.1 Å². The number of carbonyl (C=O) groups is 1. The van der Waals surface area contributed by atoms with Gasteiger partial charge in [-0.2, -0.15) is 0 Å². The number of benzene rings is 2. The van der Waals surface area contributed by atoms with Crippen LogP contribution in [0, 0.1) is 0 Å². The number of aryl methyl sites for hydroxylation is 1. The van der Waals surface area contributed by atoms with E-state index >= 15 is 0 Å². The molecule has 27 heavy (non-hydrogen) atoms. The van der Waals surface area contributed by atoms with Gasteiger partial charge in [0.15, 0.2) is 0 Å². The van der Waals surface area contributed by atoms with Crippen LogP contribution >= 0.6 is 0 Å². The van der Waals surface area contributed by atoms with Gasteiger partial charge in [0.05, 0.1) is 6.54 Å². The van der Waals surface area contributed by atoms with Gasteiger partial charge < -0.3 is 10.0 Å². The van der Waals surface area contributed by atoms with Crippen molar-refractivity contribution < 1.29 is 9.90 Å². The van der Waals surface area contributed by atoms with Crippen molar-refractivity contribution in [3.8, 4) is 5.75 Å². The minimum Gasteiger partial charge on any atom is -0.508 e. The van der Waals surface area contributed by atoms with Crippen molar-refractivity contribution >= 4 is 5.91 Å². The Labute approximate surface area is 161 Å². The molecule has 2 aromatic carbocycles. The number of phenols is 1. The highest BCUT2D eigenvalue weighted by Gasteiger charge is 2.29. The monoisotopic (exact) mass is 364 g/mol. The van der Waals surface area contributed by atoms with Crippen LogP contribution < -0.4 is 0 Å². The Balaban J connectivity index is 1.35. The molecule has 1 atom stereocenters. The van der Waals surface area contributed by atoms with Gasteiger partial charge >= 0.3 is 0 Å². The second kappa shape index (κ2) is 8.13. The topological polar surface area (TPSA) is 43.8 Å². The molecule has 0 spiro atoms. The highest BCUT2D eigenvalue weighted by molar-refractivity contribution is 5.78. The Kier molecular flexibility index (Phi) is 5.44. The lowest BCUT2D eigenvalue weighted by atomic mass is 9.95. The first-order chi connectivity index (χ1) is 13.2. The maximum Gasteiger partial charge on any atom is 0.237 e. The number of hydrogen-bond donors (Lipinski definition) is 1. The van der Waals surface area contributed by atoms with E-state index in [0.29, 0.717) is 18.3 Å². The third-order valence-corrected chi connectivity index (χ3v) is 5.89. The number of fused-ring (bicyclic) bond motifs is 1. The van der Waals surface area contributed by atoms with Crippen molar-refractivity contribution in [2.24, 2.45) is 0 Å². The van der Waals surface area contributed by atoms with Gasteiger partial charge in [-0.3, -0.25) is 9.69 Å². The van der Waals surface area contributed by atoms with Gasteiger partial charge in [-0.15, -0.1) is 0 Å². The van der Waals surface area contributed by atoms with Crippen molar-refractivity contribution in [3.63, 3.8) is 0 Å². The van der Waals surface area contributed by atoms with E-state index in [1.807, 2.05) is 12.1 Å². The maximum atomic E-state index is 13.0. The summed E-state index contributed by atoms with van der Waals surface area (Å²) in [6.07, 6.45) is 5.26. The number of piperidine rings is 1. The minimum absolute atomic E-state index is 0.267. The summed E-state index contributed by atoms with van der Waals surface area (Å²) in [4.78, 5) is 17.4. The second-order valence-corrected chi connectivity index (χ2v) is 7.86. The van der Waals surface area contributed by atoms with Gasteiger partial charge in [-0.1, -0.05) is 36.4 Å². The maximum absolute atomic E-state index is 13.0. The molecule has 0 unspecified atom stereocenters. The van der Waals surface area contributed by atoms with Crippen LogP contribution in [0.15, 0.2) is 48.5 Å². The molecule has 2 aliphatic rings. The van der Waals surface area contributed by atoms with Crippen LogP contribution in [0.25, 0.3) is 0 Å². The first-order valence-corrected chi connectivity index (χ1v) is 10.1. The van der Waals surface area contributed by atoms with Crippen LogP contribution in [0.5, 0.6) is 5.75 Å². The molecule has 0 bridgehead atoms. The lowest BCUT2D eigenvalue weighted by molar-refractivity contribution is -0.136. The van der Waals surface area contributed by atoms with E-state index in [1.54, 1.807) is 6.07 Å². The number of phenolic OH excluding ortho intramolecular Hbond substituents is 1. The molecule has 1 N–H and O–H groups in total. The Morgan fingerprint density at radius 1 is 1.04 bits per heavy atom. The first kappa shape index (κ1) is 18.1. The molecular weight excluding hydrogens is 336 g/mol. The molecular formula is C23H28N2O2. The zero-order chi connectivity index (χ0) is 18.6. The fraction of sp³-hybridized carbons (Fsp3) is 0.435. The van der Waals surface area contributed by atoms with Crippen molar-refractivity contribution in [2.75, 3.05) is 13.1 Å². The molecule has 0 aliphatic carbocycles. The molecule has 1 fully saturated rings. The average Bonchev–Trinajstić information content (AvgIpc) is 3.09. The van der Waals surface area contributed by atoms with E-state index in [-0.39, 0.29) is 5.91 Å². The van der Waals surface area contributed by atoms with Crippen molar-refractivity contribution in [2.45, 2.75) is 51.2 Å². The smallest absolute Gasteiger partial charge is 0.237 e. The minimum atomic E-state index is 0.267. The normalized spacial score (nSPS) is 19.9. The standard InChI is InChI=1S/C23H28N2O2/c26-22-10-5-6-18(14-22)11-12-21-9-3-4-13-25(21)23(27)17-24-15-19-7-1-2-8-20(19)16-24/h1-2,5-8,10,14,21,26H,3-4,9,11-13,15-17H2/t21-/m0/s1. The summed E-state index contributed by atoms with van der Waals surface area (Å²) in [5, 5.41) is 9.65. The van der Waals surface area contributed by atoms with Gasteiger partial charge in [-0.05, 0) is 60.9 Å². The number of likely N-dealkylation sites (tertiary alicyclic amines) is 1. The highest BCUT2D eigenvalue weighted by Crippen LogP contribution is 2.25. The number of hydrogen-bond acceptors (Lipinski definition) is 3. The number of carbonyl (C=O) groups excluding carboxylic acids is 1. The zero-order valence-corrected chi connectivity index (χ0v) is 15.8. The van der Waals surface area contributed by atoms with E-state index < -0.39 is 0 Å². The molecule has 0 aromatic heterocycles. The van der Waals surface area contributed by atoms with Crippen LogP contribution in [-0.2, 0) is 24.3 Å². The van der Waals surface area contributed by atoms with E-state index in [4.69, 9.17) is 0 Å². The third-order valence-electron chi connectivity index (χ3n) is 5.89. The third kappa shape index (κ3) is 4.33. The van der Waals surface area contributed by atoms with Crippen LogP contribution in [0.4, 0.5) is 0 Å². The molecule has 4 rings (SSSR count). The highest BCUT2D eigenvalue weighted by atomic mass is 16.3. The summed E-state index contributed by atoms with van der Waals surface area (Å²) in [7, 11) is 0. The molecule has 0 saturated carbocycles. The quantitative estimate of drug-likeness (QED) is 0.879. The summed E-state index contributed by atoms with van der Waals surface area (Å²) in [6, 6.07) is 16.3. The van der Waals surface area contributed by atoms with Crippen molar-refractivity contribution in [1.29, 1.82) is 0 Å². The Morgan fingerprint density at radius 2 is 1.81 bits per heavy atom. The lowest BCUT2D eigenvalue weighted by Crippen LogP contribution is -2.47. The average molecular weight is 364 g/mol. The molecule has 4 nitrogen and oxygen atoms in total. The summed E-state index contributed by atoms with van der Waals surface area (Å²) < 4.78 is 0. The van der Waals surface area contributed by atoms with Crippen LogP contribution in [0.3, 0.4) is 0 Å². The Morgan fingerprint density at radius 3 is 2.56 bits per heavy atom. The summed E-state index contributed by atoms with van der Waals surface area (Å²) in [5.74, 6) is 0.584. The zero-order valence-electron chi connectivity index (χ0n) is 15.8. The predicted molar refractivity (Wildman–Crippen MR) is 106 cm³/mol. The van der Waals surface area contributed by atoms with Crippen LogP contribution in [-0.4, -0.2) is 39.9 Å². The van der Waals surface area contributed by atoms with Gasteiger partial charge in [0.2, 0.25) is 5.91 Å². The van der Waals surface area contributed by atoms with Gasteiger partial charge in [0, 0.05) is 25.7 Å². The molecule has 1 saturated heterocycles. The molecule has 0 radical (unpaired) electrons. The van der Waals surface area contributed by atoms with Crippen molar-refractivity contribution in [3.05, 3.63) is 65.2 Å². The van der Waals surface area contributed by atoms with E-state index in [9.17, 15) is 9.90 Å². The first-order valence-electron chi connectivity index (χ1n) is 10.1. The lowest BCUT2D eigenvalue weighted by Gasteiger charge is -2.37. The predicted octanol–water partition coefficient (Wildman–Crippen LogP) is 3.72. The fourth-order valence-electron chi connectivity index (χ4n) is 4.47. The van der Waals surface area contributed by atoms with Crippen LogP contribution in [0.1, 0.15) is 42.4 Å². The van der Waals surface area contributed by atoms with Gasteiger partial charge in [-0.25, -0.2) is 0 Å². The summed E-state index contributed by atoms with van der Waals surface area (Å²) in [6.45, 7) is 3.15. The Hall–Kier alpha value is -2.33. The second-order valence-electron chi connectivity index (χ2n) is 7.86. The number of rotatable bonds is 5. The number of amides is 1. The Bertz CT molecular complexity index is 779. The van der Waals surface area contributed by atoms with Gasteiger partial charge in [0.25, 0.3) is 0 Å². The number of nitrogens with zero attached hydrogens (tertiary/aromatic N) is 2. The summed E-state index contributed by atoms with van der Waals surface area (Å²) in [5.41, 5.74) is 3.84. The molecule has 2 heterocycles. The molecule has 2 aliphatic heterocycles. The molecule has 1 amide bonds. The molecule has 4 heteroatoms. The molecule has 2 aromatic rings. The van der Waals surface area contributed by atoms with E-state index in [0.717, 1.165) is 50.9 Å². The van der Waals surface area contributed by atoms with E-state index in [1.165, 1.54) is 17.5 Å². The summed E-state index contributed by atoms with van der Waals surface area (Å²) >= 11 is 0. The largest absolute Gasteiger partial charge is 0.508 e. The number of aromatic hydroxyl groups is 1. The van der Waals surface area contributed by atoms with Crippen molar-refractivity contribution in [1.82, 2.24) is 9.80 Å².